The number of nitrogens with zero attached hydrogens (tertiary/aromatic N) is 3. The third kappa shape index (κ3) is 7.52. The highest BCUT2D eigenvalue weighted by Gasteiger charge is 2.08. The molecule has 0 radical (unpaired) electrons. The first kappa shape index (κ1) is 21.4. The maximum atomic E-state index is 11.9. The second-order valence-electron chi connectivity index (χ2n) is 6.09. The zero-order valence-corrected chi connectivity index (χ0v) is 18.4. The maximum absolute atomic E-state index is 11.9. The number of hydrogen-bond acceptors (Lipinski definition) is 8. The molecule has 0 spiro atoms. The molecule has 0 bridgehead atoms. The zero-order chi connectivity index (χ0) is 20.5. The Hall–Kier alpha value is -2.36. The van der Waals surface area contributed by atoms with Crippen molar-refractivity contribution in [2.75, 3.05) is 5.75 Å². The van der Waals surface area contributed by atoms with E-state index in [1.807, 2.05) is 25.1 Å². The van der Waals surface area contributed by atoms with Gasteiger partial charge in [-0.2, -0.15) is 5.10 Å². The van der Waals surface area contributed by atoms with E-state index in [1.54, 1.807) is 24.2 Å². The molecule has 1 aromatic carbocycles. The Morgan fingerprint density at radius 3 is 2.69 bits per heavy atom. The fourth-order valence-electron chi connectivity index (χ4n) is 2.14. The number of allylic oxidation sites excluding steroid dienone is 1. The molecule has 9 heteroatoms. The van der Waals surface area contributed by atoms with E-state index in [-0.39, 0.29) is 11.7 Å². The molecular formula is C20H20N4O2S3. The number of benzene rings is 1. The molecule has 29 heavy (non-hydrogen) atoms. The monoisotopic (exact) mass is 444 g/mol. The van der Waals surface area contributed by atoms with Crippen LogP contribution in [0, 0.1) is 6.92 Å². The minimum Gasteiger partial charge on any atom is -0.465 e. The van der Waals surface area contributed by atoms with Crippen LogP contribution in [-0.2, 0) is 10.5 Å². The van der Waals surface area contributed by atoms with Crippen LogP contribution in [0.5, 0.6) is 0 Å². The average Bonchev–Trinajstić information content (AvgIpc) is 3.38. The van der Waals surface area contributed by atoms with E-state index >= 15 is 0 Å². The van der Waals surface area contributed by atoms with E-state index in [2.05, 4.69) is 51.9 Å². The predicted molar refractivity (Wildman–Crippen MR) is 120 cm³/mol. The van der Waals surface area contributed by atoms with Gasteiger partial charge in [0.2, 0.25) is 0 Å². The topological polar surface area (TPSA) is 80.4 Å². The van der Waals surface area contributed by atoms with Gasteiger partial charge in [-0.25, -0.2) is 5.43 Å². The number of aromatic nitrogens is 2. The van der Waals surface area contributed by atoms with Crippen LogP contribution in [0.25, 0.3) is 6.08 Å². The van der Waals surface area contributed by atoms with Gasteiger partial charge in [0.25, 0.3) is 5.91 Å². The summed E-state index contributed by atoms with van der Waals surface area (Å²) in [5.74, 6) is 1.62. The first-order chi connectivity index (χ1) is 14.1. The summed E-state index contributed by atoms with van der Waals surface area (Å²) in [5.41, 5.74) is 5.88. The first-order valence-corrected chi connectivity index (χ1v) is 11.6. The minimum atomic E-state index is -0.193. The lowest BCUT2D eigenvalue weighted by atomic mass is 10.2. The van der Waals surface area contributed by atoms with Crippen LogP contribution in [0.1, 0.15) is 23.8 Å². The lowest BCUT2D eigenvalue weighted by Gasteiger charge is -1.99. The van der Waals surface area contributed by atoms with E-state index < -0.39 is 0 Å². The highest BCUT2D eigenvalue weighted by atomic mass is 32.2. The number of hydrazone groups is 1. The molecule has 2 heterocycles. The summed E-state index contributed by atoms with van der Waals surface area (Å²) in [7, 11) is 0. The Kier molecular flexibility index (Phi) is 8.09. The number of aryl methyl sites for hydroxylation is 1. The molecule has 0 saturated heterocycles. The number of amides is 1. The first-order valence-electron chi connectivity index (χ1n) is 8.77. The largest absolute Gasteiger partial charge is 0.465 e. The number of nitrogens with one attached hydrogen (secondary N) is 1. The molecule has 0 aliphatic carbocycles. The van der Waals surface area contributed by atoms with Crippen molar-refractivity contribution in [3.63, 3.8) is 0 Å². The predicted octanol–water partition coefficient (Wildman–Crippen LogP) is 5.03. The van der Waals surface area contributed by atoms with Gasteiger partial charge in [0.1, 0.15) is 5.76 Å². The van der Waals surface area contributed by atoms with Gasteiger partial charge in [0.15, 0.2) is 8.68 Å². The molecule has 1 amide bonds. The second-order valence-corrected chi connectivity index (χ2v) is 9.52. The molecule has 0 aliphatic heterocycles. The van der Waals surface area contributed by atoms with E-state index in [0.717, 1.165) is 25.8 Å². The molecular weight excluding hydrogens is 424 g/mol. The smallest absolute Gasteiger partial charge is 0.250 e. The van der Waals surface area contributed by atoms with E-state index in [9.17, 15) is 4.79 Å². The van der Waals surface area contributed by atoms with Crippen molar-refractivity contribution in [2.24, 2.45) is 5.10 Å². The number of thioether (sulfide) groups is 2. The lowest BCUT2D eigenvalue weighted by Crippen LogP contribution is -2.19. The third-order valence-corrected chi connectivity index (χ3v) is 6.83. The molecule has 0 unspecified atom stereocenters. The van der Waals surface area contributed by atoms with Crippen molar-refractivity contribution in [3.8, 4) is 0 Å². The maximum Gasteiger partial charge on any atom is 0.250 e. The van der Waals surface area contributed by atoms with Gasteiger partial charge in [-0.3, -0.25) is 4.79 Å². The molecule has 0 fully saturated rings. The van der Waals surface area contributed by atoms with Crippen molar-refractivity contribution in [1.82, 2.24) is 15.6 Å². The van der Waals surface area contributed by atoms with Crippen LogP contribution in [0.4, 0.5) is 0 Å². The highest BCUT2D eigenvalue weighted by Crippen LogP contribution is 2.30. The van der Waals surface area contributed by atoms with Gasteiger partial charge < -0.3 is 4.42 Å². The molecule has 150 valence electrons. The van der Waals surface area contributed by atoms with Gasteiger partial charge in [0, 0.05) is 5.75 Å². The third-order valence-electron chi connectivity index (χ3n) is 3.57. The summed E-state index contributed by atoms with van der Waals surface area (Å²) in [4.78, 5) is 11.9. The summed E-state index contributed by atoms with van der Waals surface area (Å²) in [5, 5.41) is 12.3. The number of hydrogen-bond donors (Lipinski definition) is 1. The molecule has 0 atom stereocenters. The molecule has 0 aliphatic rings. The molecule has 3 aromatic rings. The van der Waals surface area contributed by atoms with Crippen LogP contribution in [0.3, 0.4) is 0 Å². The van der Waals surface area contributed by atoms with Crippen molar-refractivity contribution in [2.45, 2.75) is 28.3 Å². The van der Waals surface area contributed by atoms with Gasteiger partial charge >= 0.3 is 0 Å². The van der Waals surface area contributed by atoms with Gasteiger partial charge in [-0.15, -0.1) is 10.2 Å². The molecule has 1 N–H and O–H groups in total. The van der Waals surface area contributed by atoms with Crippen molar-refractivity contribution >= 4 is 53.1 Å². The zero-order valence-electron chi connectivity index (χ0n) is 16.0. The van der Waals surface area contributed by atoms with Crippen LogP contribution in [0.2, 0.25) is 0 Å². The van der Waals surface area contributed by atoms with Gasteiger partial charge in [0.05, 0.1) is 18.2 Å². The average molecular weight is 445 g/mol. The normalized spacial score (nSPS) is 11.9. The van der Waals surface area contributed by atoms with Crippen LogP contribution < -0.4 is 5.43 Å². The lowest BCUT2D eigenvalue weighted by molar-refractivity contribution is -0.118. The Bertz CT molecular complexity index is 980. The Morgan fingerprint density at radius 2 is 1.97 bits per heavy atom. The number of furan rings is 1. The fourth-order valence-corrected chi connectivity index (χ4v) is 4.91. The molecule has 0 saturated carbocycles. The fraction of sp³-hybridized carbons (Fsp3) is 0.200. The summed E-state index contributed by atoms with van der Waals surface area (Å²) in [6.07, 6.45) is 5.02. The standard InChI is InChI=1S/C20H20N4O2S3/c1-14-5-7-16(8-6-14)12-27-19-23-24-20(29-19)28-13-18(25)22-21-11-15(2)10-17-4-3-9-26-17/h3-11H,12-13H2,1-2H3,(H,22,25)/b15-10-,21-11-. The number of rotatable bonds is 9. The highest BCUT2D eigenvalue weighted by molar-refractivity contribution is 8.03. The van der Waals surface area contributed by atoms with Crippen LogP contribution in [-0.4, -0.2) is 28.1 Å². The van der Waals surface area contributed by atoms with E-state index in [1.165, 1.54) is 34.2 Å². The van der Waals surface area contributed by atoms with E-state index in [4.69, 9.17) is 4.42 Å². The van der Waals surface area contributed by atoms with Crippen molar-refractivity contribution in [1.29, 1.82) is 0 Å². The molecule has 2 aromatic heterocycles. The van der Waals surface area contributed by atoms with Gasteiger partial charge in [-0.1, -0.05) is 64.7 Å². The van der Waals surface area contributed by atoms with Crippen LogP contribution >= 0.6 is 34.9 Å². The Morgan fingerprint density at radius 1 is 1.21 bits per heavy atom. The SMILES string of the molecule is CC(/C=N\NC(=O)CSc1nnc(SCc2ccc(C)cc2)s1)=C/c1ccco1. The number of carbonyl (C=O) groups is 1. The molecule has 6 nitrogen and oxygen atoms in total. The quantitative estimate of drug-likeness (QED) is 0.283. The summed E-state index contributed by atoms with van der Waals surface area (Å²) in [6.45, 7) is 3.95. The second kappa shape index (κ2) is 11.0. The summed E-state index contributed by atoms with van der Waals surface area (Å²) >= 11 is 4.49. The van der Waals surface area contributed by atoms with Crippen molar-refractivity contribution in [3.05, 3.63) is 65.1 Å². The number of carbonyl (C=O) groups excluding carboxylic acids is 1. The summed E-state index contributed by atoms with van der Waals surface area (Å²) in [6, 6.07) is 12.1. The van der Waals surface area contributed by atoms with E-state index in [0.29, 0.717) is 0 Å². The molecule has 3 rings (SSSR count). The van der Waals surface area contributed by atoms with Gasteiger partial charge in [-0.05, 0) is 43.2 Å². The minimum absolute atomic E-state index is 0.193. The van der Waals surface area contributed by atoms with Crippen LogP contribution in [0.15, 0.2) is 66.4 Å². The Labute approximate surface area is 181 Å². The summed E-state index contributed by atoms with van der Waals surface area (Å²) < 4.78 is 6.89. The Balaban J connectivity index is 1.39. The van der Waals surface area contributed by atoms with Crippen molar-refractivity contribution < 1.29 is 9.21 Å².